The zero-order valence-electron chi connectivity index (χ0n) is 14.6. The highest BCUT2D eigenvalue weighted by Crippen LogP contribution is 2.27. The van der Waals surface area contributed by atoms with E-state index in [1.165, 1.54) is 47.0 Å². The van der Waals surface area contributed by atoms with Crippen LogP contribution in [0.15, 0.2) is 24.3 Å². The molecule has 1 aromatic heterocycles. The first-order valence-electron chi connectivity index (χ1n) is 8.93. The van der Waals surface area contributed by atoms with Gasteiger partial charge in [-0.2, -0.15) is 0 Å². The average molecular weight is 373 g/mol. The number of aromatic nitrogens is 1. The Hall–Kier alpha value is -2.41. The summed E-state index contributed by atoms with van der Waals surface area (Å²) in [4.78, 5) is 28.8. The Labute approximate surface area is 156 Å². The number of urea groups is 1. The van der Waals surface area contributed by atoms with Gasteiger partial charge in [0.1, 0.15) is 0 Å². The maximum absolute atomic E-state index is 11.8. The molecule has 26 heavy (non-hydrogen) atoms. The summed E-state index contributed by atoms with van der Waals surface area (Å²) in [6.07, 6.45) is 6.56. The number of carboxylic acid groups (broad SMARTS) is 1. The van der Waals surface area contributed by atoms with E-state index in [0.717, 1.165) is 24.8 Å². The number of rotatable bonds is 7. The molecule has 0 bridgehead atoms. The zero-order valence-corrected chi connectivity index (χ0v) is 15.4. The lowest BCUT2D eigenvalue weighted by atomic mass is 10.0. The van der Waals surface area contributed by atoms with Crippen LogP contribution in [0.25, 0.3) is 0 Å². The van der Waals surface area contributed by atoms with E-state index in [0.29, 0.717) is 13.1 Å². The Morgan fingerprint density at radius 2 is 1.88 bits per heavy atom. The fourth-order valence-corrected chi connectivity index (χ4v) is 4.16. The number of aromatic carboxylic acids is 1. The topological polar surface area (TPSA) is 91.3 Å². The van der Waals surface area contributed by atoms with Gasteiger partial charge in [0, 0.05) is 24.4 Å². The van der Waals surface area contributed by atoms with E-state index in [1.54, 1.807) is 12.1 Å². The predicted octanol–water partition coefficient (Wildman–Crippen LogP) is 3.15. The molecule has 0 spiro atoms. The number of benzene rings is 1. The van der Waals surface area contributed by atoms with Gasteiger partial charge in [-0.25, -0.2) is 14.6 Å². The van der Waals surface area contributed by atoms with Crippen molar-refractivity contribution < 1.29 is 14.7 Å². The second-order valence-corrected chi connectivity index (χ2v) is 7.57. The third-order valence-electron chi connectivity index (χ3n) is 4.40. The van der Waals surface area contributed by atoms with Crippen molar-refractivity contribution in [2.75, 3.05) is 6.54 Å². The number of amides is 2. The zero-order chi connectivity index (χ0) is 18.4. The number of hydrogen-bond acceptors (Lipinski definition) is 4. The molecule has 138 valence electrons. The van der Waals surface area contributed by atoms with E-state index < -0.39 is 5.97 Å². The molecule has 3 N–H and O–H groups in total. The maximum atomic E-state index is 11.8. The summed E-state index contributed by atoms with van der Waals surface area (Å²) >= 11 is 1.82. The first-order chi connectivity index (χ1) is 12.6. The molecule has 0 aliphatic heterocycles. The van der Waals surface area contributed by atoms with E-state index in [4.69, 9.17) is 10.1 Å². The van der Waals surface area contributed by atoms with Gasteiger partial charge in [-0.1, -0.05) is 12.1 Å². The fraction of sp³-hybridized carbons (Fsp3) is 0.421. The van der Waals surface area contributed by atoms with Crippen LogP contribution in [0.4, 0.5) is 4.79 Å². The van der Waals surface area contributed by atoms with Gasteiger partial charge in [-0.05, 0) is 49.8 Å². The lowest BCUT2D eigenvalue weighted by Gasteiger charge is -2.07. The van der Waals surface area contributed by atoms with Crippen LogP contribution in [0.5, 0.6) is 0 Å². The number of aryl methyl sites for hydroxylation is 3. The van der Waals surface area contributed by atoms with Gasteiger partial charge < -0.3 is 15.7 Å². The minimum Gasteiger partial charge on any atom is -0.478 e. The third-order valence-corrected chi connectivity index (χ3v) is 5.61. The normalized spacial score (nSPS) is 13.1. The van der Waals surface area contributed by atoms with Crippen LogP contribution in [0, 0.1) is 0 Å². The Balaban J connectivity index is 1.34. The van der Waals surface area contributed by atoms with Crippen LogP contribution in [0.1, 0.15) is 50.8 Å². The molecule has 2 aromatic rings. The summed E-state index contributed by atoms with van der Waals surface area (Å²) in [5, 5.41) is 15.7. The van der Waals surface area contributed by atoms with Crippen molar-refractivity contribution in [1.82, 2.24) is 15.6 Å². The van der Waals surface area contributed by atoms with Crippen molar-refractivity contribution in [3.05, 3.63) is 51.0 Å². The Bertz CT molecular complexity index is 747. The molecule has 0 atom stereocenters. The lowest BCUT2D eigenvalue weighted by Crippen LogP contribution is -2.35. The van der Waals surface area contributed by atoms with Gasteiger partial charge in [0.2, 0.25) is 0 Å². The van der Waals surface area contributed by atoms with Crippen LogP contribution in [0.3, 0.4) is 0 Å². The molecule has 0 unspecified atom stereocenters. The summed E-state index contributed by atoms with van der Waals surface area (Å²) in [5.74, 6) is -0.955. The largest absolute Gasteiger partial charge is 0.478 e. The first-order valence-corrected chi connectivity index (χ1v) is 9.75. The second kappa shape index (κ2) is 8.80. The molecule has 3 rings (SSSR count). The summed E-state index contributed by atoms with van der Waals surface area (Å²) in [6.45, 7) is 0.971. The van der Waals surface area contributed by atoms with E-state index in [9.17, 15) is 9.59 Å². The quantitative estimate of drug-likeness (QED) is 0.650. The van der Waals surface area contributed by atoms with Crippen LogP contribution < -0.4 is 10.6 Å². The molecule has 0 fully saturated rings. The standard InChI is InChI=1S/C19H23N3O3S/c23-18(24)14-9-7-13(8-10-14)12-21-19(25)20-11-3-6-17-22-15-4-1-2-5-16(15)26-17/h7-10H,1-6,11-12H2,(H,23,24)(H2,20,21,25). The number of carbonyl (C=O) groups excluding carboxylic acids is 1. The SMILES string of the molecule is O=C(NCCCc1nc2c(s1)CCCC2)NCc1ccc(C(=O)O)cc1. The minimum absolute atomic E-state index is 0.217. The van der Waals surface area contributed by atoms with Crippen LogP contribution in [0.2, 0.25) is 0 Å². The monoisotopic (exact) mass is 373 g/mol. The highest BCUT2D eigenvalue weighted by Gasteiger charge is 2.14. The molecule has 1 aliphatic carbocycles. The van der Waals surface area contributed by atoms with Gasteiger partial charge in [0.15, 0.2) is 0 Å². The molecule has 2 amide bonds. The highest BCUT2D eigenvalue weighted by molar-refractivity contribution is 7.11. The molecule has 0 saturated heterocycles. The predicted molar refractivity (Wildman–Crippen MR) is 101 cm³/mol. The number of nitrogens with zero attached hydrogens (tertiary/aromatic N) is 1. The molecular weight excluding hydrogens is 350 g/mol. The number of fused-ring (bicyclic) bond motifs is 1. The molecule has 1 aromatic carbocycles. The van der Waals surface area contributed by atoms with Crippen molar-refractivity contribution in [2.24, 2.45) is 0 Å². The van der Waals surface area contributed by atoms with Crippen LogP contribution in [-0.2, 0) is 25.8 Å². The molecule has 1 heterocycles. The highest BCUT2D eigenvalue weighted by atomic mass is 32.1. The summed E-state index contributed by atoms with van der Waals surface area (Å²) in [6, 6.07) is 6.25. The smallest absolute Gasteiger partial charge is 0.335 e. The Kier molecular flexibility index (Phi) is 6.22. The maximum Gasteiger partial charge on any atom is 0.335 e. The summed E-state index contributed by atoms with van der Waals surface area (Å²) < 4.78 is 0. The lowest BCUT2D eigenvalue weighted by molar-refractivity contribution is 0.0697. The fourth-order valence-electron chi connectivity index (χ4n) is 2.96. The van der Waals surface area contributed by atoms with Crippen molar-refractivity contribution in [3.8, 4) is 0 Å². The van der Waals surface area contributed by atoms with Crippen LogP contribution in [-0.4, -0.2) is 28.6 Å². The molecule has 0 radical (unpaired) electrons. The molecule has 7 heteroatoms. The first kappa shape index (κ1) is 18.4. The average Bonchev–Trinajstić information content (AvgIpc) is 3.06. The number of nitrogens with one attached hydrogen (secondary N) is 2. The van der Waals surface area contributed by atoms with E-state index in [1.807, 2.05) is 11.3 Å². The van der Waals surface area contributed by atoms with Gasteiger partial charge in [0.05, 0.1) is 16.3 Å². The Morgan fingerprint density at radius 1 is 1.12 bits per heavy atom. The third kappa shape index (κ3) is 5.05. The molecule has 1 aliphatic rings. The van der Waals surface area contributed by atoms with E-state index in [2.05, 4.69) is 10.6 Å². The van der Waals surface area contributed by atoms with Gasteiger partial charge in [0.25, 0.3) is 0 Å². The van der Waals surface area contributed by atoms with Crippen molar-refractivity contribution >= 4 is 23.3 Å². The van der Waals surface area contributed by atoms with Crippen molar-refractivity contribution in [1.29, 1.82) is 0 Å². The van der Waals surface area contributed by atoms with Gasteiger partial charge in [-0.3, -0.25) is 0 Å². The second-order valence-electron chi connectivity index (χ2n) is 6.40. The van der Waals surface area contributed by atoms with Gasteiger partial charge in [-0.15, -0.1) is 11.3 Å². The number of carboxylic acids is 1. The molecule has 0 saturated carbocycles. The van der Waals surface area contributed by atoms with E-state index in [-0.39, 0.29) is 11.6 Å². The van der Waals surface area contributed by atoms with E-state index >= 15 is 0 Å². The number of carbonyl (C=O) groups is 2. The minimum atomic E-state index is -0.955. The molecule has 6 nitrogen and oxygen atoms in total. The summed E-state index contributed by atoms with van der Waals surface area (Å²) in [5.41, 5.74) is 2.39. The van der Waals surface area contributed by atoms with Gasteiger partial charge >= 0.3 is 12.0 Å². The van der Waals surface area contributed by atoms with Crippen molar-refractivity contribution in [3.63, 3.8) is 0 Å². The Morgan fingerprint density at radius 3 is 2.62 bits per heavy atom. The van der Waals surface area contributed by atoms with Crippen molar-refractivity contribution in [2.45, 2.75) is 45.1 Å². The number of thiazole rings is 1. The van der Waals surface area contributed by atoms with Crippen LogP contribution >= 0.6 is 11.3 Å². The summed E-state index contributed by atoms with van der Waals surface area (Å²) in [7, 11) is 0. The molecular formula is C19H23N3O3S. The number of hydrogen-bond donors (Lipinski definition) is 3.